The number of ketones is 1. The van der Waals surface area contributed by atoms with Crippen molar-refractivity contribution in [3.63, 3.8) is 0 Å². The number of benzene rings is 2. The third-order valence-corrected chi connectivity index (χ3v) is 5.10. The first-order valence-electron chi connectivity index (χ1n) is 13.1. The zero-order valence-electron chi connectivity index (χ0n) is 25.1. The van der Waals surface area contributed by atoms with Gasteiger partial charge in [-0.1, -0.05) is 49.7 Å². The molecule has 0 aliphatic heterocycles. The lowest BCUT2D eigenvalue weighted by atomic mass is 10.1. The molecule has 0 radical (unpaired) electrons. The van der Waals surface area contributed by atoms with Gasteiger partial charge in [0.25, 0.3) is 0 Å². The topological polar surface area (TPSA) is 78.9 Å². The molecule has 0 spiro atoms. The summed E-state index contributed by atoms with van der Waals surface area (Å²) in [5, 5.41) is 11.9. The van der Waals surface area contributed by atoms with Crippen molar-refractivity contribution in [2.45, 2.75) is 81.3 Å². The van der Waals surface area contributed by atoms with Crippen LogP contribution < -0.4 is 15.0 Å². The molecule has 0 amide bonds. The lowest BCUT2D eigenvalue weighted by Gasteiger charge is -2.22. The van der Waals surface area contributed by atoms with Crippen molar-refractivity contribution in [1.82, 2.24) is 5.32 Å². The first-order valence-corrected chi connectivity index (χ1v) is 13.1. The number of para-hydroxylation sites is 1. The van der Waals surface area contributed by atoms with Crippen LogP contribution in [-0.4, -0.2) is 49.1 Å². The van der Waals surface area contributed by atoms with Crippen LogP contribution >= 0.6 is 0 Å². The molecule has 0 saturated heterocycles. The van der Waals surface area contributed by atoms with E-state index in [0.717, 1.165) is 31.1 Å². The van der Waals surface area contributed by atoms with E-state index < -0.39 is 11.6 Å². The number of aliphatic carboxylic acids is 1. The van der Waals surface area contributed by atoms with Gasteiger partial charge in [0.15, 0.2) is 5.60 Å². The van der Waals surface area contributed by atoms with Crippen molar-refractivity contribution >= 4 is 17.4 Å². The lowest BCUT2D eigenvalue weighted by molar-refractivity contribution is -0.152. The molecule has 0 fully saturated rings. The highest BCUT2D eigenvalue weighted by Gasteiger charge is 2.29. The predicted molar refractivity (Wildman–Crippen MR) is 158 cm³/mol. The summed E-state index contributed by atoms with van der Waals surface area (Å²) in [6, 6.07) is 15.8. The van der Waals surface area contributed by atoms with E-state index in [1.165, 1.54) is 45.4 Å². The molecule has 2 aromatic carbocycles. The number of carboxylic acid groups (broad SMARTS) is 1. The number of hydrogen-bond acceptors (Lipinski definition) is 5. The highest BCUT2D eigenvalue weighted by molar-refractivity contribution is 5.76. The van der Waals surface area contributed by atoms with Gasteiger partial charge in [0, 0.05) is 18.8 Å². The van der Waals surface area contributed by atoms with Crippen molar-refractivity contribution in [3.05, 3.63) is 59.7 Å². The van der Waals surface area contributed by atoms with Gasteiger partial charge in [-0.05, 0) is 105 Å². The highest BCUT2D eigenvalue weighted by Crippen LogP contribution is 2.19. The van der Waals surface area contributed by atoms with E-state index in [1.54, 1.807) is 12.1 Å². The zero-order valence-corrected chi connectivity index (χ0v) is 25.1. The summed E-state index contributed by atoms with van der Waals surface area (Å²) in [4.78, 5) is 22.6. The smallest absolute Gasteiger partial charge is 0.347 e. The number of nitrogens with zero attached hydrogens (tertiary/aromatic N) is 1. The van der Waals surface area contributed by atoms with Crippen molar-refractivity contribution in [3.8, 4) is 5.75 Å². The minimum Gasteiger partial charge on any atom is -0.478 e. The predicted octanol–water partition coefficient (Wildman–Crippen LogP) is 6.93. The van der Waals surface area contributed by atoms with E-state index >= 15 is 0 Å². The van der Waals surface area contributed by atoms with Crippen molar-refractivity contribution in [2.75, 3.05) is 31.6 Å². The fourth-order valence-electron chi connectivity index (χ4n) is 2.86. The fraction of sp³-hybridized carbons (Fsp3) is 0.548. The van der Waals surface area contributed by atoms with Crippen LogP contribution in [0.25, 0.3) is 0 Å². The molecule has 210 valence electrons. The van der Waals surface area contributed by atoms with E-state index in [1.807, 2.05) is 26.1 Å². The summed E-state index contributed by atoms with van der Waals surface area (Å²) >= 11 is 0. The van der Waals surface area contributed by atoms with Crippen LogP contribution in [0.15, 0.2) is 48.5 Å². The van der Waals surface area contributed by atoms with Crippen molar-refractivity contribution in [1.29, 1.82) is 0 Å². The van der Waals surface area contributed by atoms with Crippen LogP contribution in [0, 0.1) is 19.8 Å². The molecule has 0 saturated carbocycles. The molecule has 6 nitrogen and oxygen atoms in total. The molecule has 2 aromatic rings. The van der Waals surface area contributed by atoms with Gasteiger partial charge in [-0.25, -0.2) is 4.79 Å². The number of nitrogens with one attached hydrogen (secondary N) is 1. The SMILES string of the molecule is CC(C)=O.CCN(CC)c1ccccc1C.CNCCC(C)C.Cc1ccc(OC(C)(C)C(=O)O)cc1. The lowest BCUT2D eigenvalue weighted by Crippen LogP contribution is -2.37. The molecule has 0 atom stereocenters. The maximum atomic E-state index is 10.8. The third kappa shape index (κ3) is 19.0. The summed E-state index contributed by atoms with van der Waals surface area (Å²) < 4.78 is 5.32. The van der Waals surface area contributed by atoms with Gasteiger partial charge in [-0.3, -0.25) is 0 Å². The Morgan fingerprint density at radius 2 is 1.46 bits per heavy atom. The second-order valence-corrected chi connectivity index (χ2v) is 9.88. The molecule has 2 N–H and O–H groups in total. The Morgan fingerprint density at radius 3 is 1.81 bits per heavy atom. The summed E-state index contributed by atoms with van der Waals surface area (Å²) in [5.41, 5.74) is 2.66. The van der Waals surface area contributed by atoms with Crippen molar-refractivity contribution in [2.24, 2.45) is 5.92 Å². The molecule has 6 heteroatoms. The minimum absolute atomic E-state index is 0.167. The van der Waals surface area contributed by atoms with Crippen LogP contribution in [0.4, 0.5) is 5.69 Å². The maximum Gasteiger partial charge on any atom is 0.347 e. The van der Waals surface area contributed by atoms with E-state index in [0.29, 0.717) is 5.75 Å². The number of aryl methyl sites for hydroxylation is 2. The van der Waals surface area contributed by atoms with Gasteiger partial charge >= 0.3 is 5.97 Å². The Labute approximate surface area is 226 Å². The molecular formula is C31H52N2O4. The van der Waals surface area contributed by atoms with Gasteiger partial charge in [0.2, 0.25) is 0 Å². The highest BCUT2D eigenvalue weighted by atomic mass is 16.5. The number of Topliss-reactive ketones (excluding diaryl/α,β-unsaturated/α-hetero) is 1. The number of anilines is 1. The first-order chi connectivity index (χ1) is 17.2. The molecule has 37 heavy (non-hydrogen) atoms. The number of hydrogen-bond donors (Lipinski definition) is 2. The third-order valence-electron chi connectivity index (χ3n) is 5.10. The molecule has 0 bridgehead atoms. The number of rotatable bonds is 9. The van der Waals surface area contributed by atoms with E-state index in [4.69, 9.17) is 9.84 Å². The van der Waals surface area contributed by atoms with Gasteiger partial charge in [-0.15, -0.1) is 0 Å². The molecule has 0 heterocycles. The van der Waals surface area contributed by atoms with E-state index in [-0.39, 0.29) is 5.78 Å². The first kappa shape index (κ1) is 36.3. The quantitative estimate of drug-likeness (QED) is 0.376. The van der Waals surface area contributed by atoms with E-state index in [2.05, 4.69) is 69.1 Å². The average molecular weight is 517 g/mol. The van der Waals surface area contributed by atoms with Crippen molar-refractivity contribution < 1.29 is 19.4 Å². The molecule has 2 rings (SSSR count). The molecular weight excluding hydrogens is 464 g/mol. The summed E-state index contributed by atoms with van der Waals surface area (Å²) in [6.07, 6.45) is 1.29. The number of carboxylic acids is 1. The second kappa shape index (κ2) is 20.2. The Morgan fingerprint density at radius 1 is 0.973 bits per heavy atom. The number of ether oxygens (including phenoxy) is 1. The van der Waals surface area contributed by atoms with Crippen LogP contribution in [0.5, 0.6) is 5.75 Å². The Hall–Kier alpha value is -2.86. The van der Waals surface area contributed by atoms with Gasteiger partial charge in [-0.2, -0.15) is 0 Å². The number of carbonyl (C=O) groups excluding carboxylic acids is 1. The Kier molecular flexibility index (Phi) is 19.8. The van der Waals surface area contributed by atoms with E-state index in [9.17, 15) is 9.59 Å². The van der Waals surface area contributed by atoms with Crippen LogP contribution in [-0.2, 0) is 9.59 Å². The zero-order chi connectivity index (χ0) is 29.0. The van der Waals surface area contributed by atoms with Crippen LogP contribution in [0.1, 0.15) is 72.9 Å². The standard InChI is InChI=1S/C11H17N.C11H14O3.C6H15N.C3H6O/c1-4-12(5-2)11-9-7-6-8-10(11)3;1-8-4-6-9(7-5-8)14-11(2,3)10(12)13;1-6(2)4-5-7-3;1-3(2)4/h6-9H,4-5H2,1-3H3;4-7H,1-3H3,(H,12,13);6-7H,4-5H2,1-3H3;1-2H3. The maximum absolute atomic E-state index is 10.8. The molecule has 0 aliphatic carbocycles. The monoisotopic (exact) mass is 516 g/mol. The minimum atomic E-state index is -1.19. The largest absolute Gasteiger partial charge is 0.478 e. The Balaban J connectivity index is 0. The van der Waals surface area contributed by atoms with Gasteiger partial charge in [0.05, 0.1) is 0 Å². The number of carbonyl (C=O) groups is 2. The molecule has 0 aliphatic rings. The summed E-state index contributed by atoms with van der Waals surface area (Å²) in [5.74, 6) is 0.605. The molecule has 0 unspecified atom stereocenters. The normalized spacial score (nSPS) is 10.1. The average Bonchev–Trinajstić information content (AvgIpc) is 2.81. The molecule has 0 aromatic heterocycles. The van der Waals surface area contributed by atoms with Crippen LogP contribution in [0.2, 0.25) is 0 Å². The fourth-order valence-corrected chi connectivity index (χ4v) is 2.86. The summed E-state index contributed by atoms with van der Waals surface area (Å²) in [6.45, 7) is 22.4. The van der Waals surface area contributed by atoms with Gasteiger partial charge in [0.1, 0.15) is 11.5 Å². The van der Waals surface area contributed by atoms with Crippen LogP contribution in [0.3, 0.4) is 0 Å². The second-order valence-electron chi connectivity index (χ2n) is 9.88. The summed E-state index contributed by atoms with van der Waals surface area (Å²) in [7, 11) is 1.99. The Bertz CT molecular complexity index is 869. The van der Waals surface area contributed by atoms with Gasteiger partial charge < -0.3 is 24.9 Å².